The molecule has 0 heterocycles. The molecule has 1 amide bonds. The lowest BCUT2D eigenvalue weighted by Gasteiger charge is -2.28. The van der Waals surface area contributed by atoms with Gasteiger partial charge < -0.3 is 10.1 Å². The zero-order valence-corrected chi connectivity index (χ0v) is 18.1. The lowest BCUT2D eigenvalue weighted by molar-refractivity contribution is -0.116. The van der Waals surface area contributed by atoms with Gasteiger partial charge in [0.25, 0.3) is 0 Å². The summed E-state index contributed by atoms with van der Waals surface area (Å²) in [5.41, 5.74) is 0.868. The summed E-state index contributed by atoms with van der Waals surface area (Å²) in [6.07, 6.45) is 1.04. The fourth-order valence-corrected chi connectivity index (χ4v) is 4.16. The molecule has 0 saturated carbocycles. The first-order chi connectivity index (χ1) is 12.1. The fraction of sp³-hybridized carbons (Fsp3) is 0.235. The summed E-state index contributed by atoms with van der Waals surface area (Å²) in [5.74, 6) is -0.0385. The fourth-order valence-electron chi connectivity index (χ4n) is 2.38. The van der Waals surface area contributed by atoms with Gasteiger partial charge in [-0.2, -0.15) is 0 Å². The molecule has 0 aliphatic rings. The van der Waals surface area contributed by atoms with E-state index in [0.29, 0.717) is 11.4 Å². The van der Waals surface area contributed by atoms with Gasteiger partial charge in [0, 0.05) is 9.26 Å². The van der Waals surface area contributed by atoms with E-state index < -0.39 is 22.0 Å². The van der Waals surface area contributed by atoms with Crippen molar-refractivity contribution < 1.29 is 17.9 Å². The van der Waals surface area contributed by atoms with E-state index >= 15 is 0 Å². The van der Waals surface area contributed by atoms with E-state index in [4.69, 9.17) is 16.3 Å². The number of carbonyl (C=O) groups is 1. The van der Waals surface area contributed by atoms with Crippen LogP contribution in [-0.2, 0) is 14.8 Å². The number of nitrogens with zero attached hydrogens (tertiary/aromatic N) is 1. The van der Waals surface area contributed by atoms with E-state index in [9.17, 15) is 13.2 Å². The van der Waals surface area contributed by atoms with Gasteiger partial charge in [-0.3, -0.25) is 9.10 Å². The van der Waals surface area contributed by atoms with Crippen molar-refractivity contribution in [2.24, 2.45) is 0 Å². The molecule has 2 rings (SSSR count). The van der Waals surface area contributed by atoms with Gasteiger partial charge in [0.2, 0.25) is 15.9 Å². The Morgan fingerprint density at radius 3 is 2.35 bits per heavy atom. The topological polar surface area (TPSA) is 75.7 Å². The molecule has 1 atom stereocenters. The number of nitrogens with one attached hydrogen (secondary N) is 1. The first kappa shape index (κ1) is 20.8. The highest BCUT2D eigenvalue weighted by molar-refractivity contribution is 14.1. The first-order valence-corrected chi connectivity index (χ1v) is 10.8. The molecule has 2 aromatic rings. The van der Waals surface area contributed by atoms with Crippen LogP contribution in [0, 0.1) is 3.57 Å². The molecule has 26 heavy (non-hydrogen) atoms. The van der Waals surface area contributed by atoms with Crippen molar-refractivity contribution in [3.05, 3.63) is 51.1 Å². The monoisotopic (exact) mass is 508 g/mol. The maximum atomic E-state index is 12.6. The molecule has 0 saturated heterocycles. The molecule has 6 nitrogen and oxygen atoms in total. The Bertz CT molecular complexity index is 903. The SMILES string of the molecule is COc1ccc(N([C@@H](C)C(=O)Nc2ccc(I)cc2)S(C)(=O)=O)cc1Cl. The smallest absolute Gasteiger partial charge is 0.247 e. The zero-order chi connectivity index (χ0) is 19.5. The van der Waals surface area contributed by atoms with E-state index in [1.54, 1.807) is 24.3 Å². The standard InChI is InChI=1S/C17H18ClIN2O4S/c1-11(17(22)20-13-6-4-12(19)5-7-13)21(26(3,23)24)14-8-9-16(25-2)15(18)10-14/h4-11H,1-3H3,(H,20,22)/t11-/m0/s1. The molecular weight excluding hydrogens is 491 g/mol. The number of sulfonamides is 1. The second kappa shape index (κ2) is 8.45. The van der Waals surface area contributed by atoms with Crippen molar-refractivity contribution in [1.82, 2.24) is 0 Å². The highest BCUT2D eigenvalue weighted by Crippen LogP contribution is 2.31. The molecule has 0 unspecified atom stereocenters. The lowest BCUT2D eigenvalue weighted by Crippen LogP contribution is -2.45. The van der Waals surface area contributed by atoms with Crippen LogP contribution in [0.25, 0.3) is 0 Å². The molecule has 0 aliphatic carbocycles. The largest absolute Gasteiger partial charge is 0.495 e. The number of anilines is 2. The van der Waals surface area contributed by atoms with E-state index in [1.807, 2.05) is 12.1 Å². The van der Waals surface area contributed by atoms with Crippen LogP contribution >= 0.6 is 34.2 Å². The summed E-state index contributed by atoms with van der Waals surface area (Å²) in [4.78, 5) is 12.6. The molecule has 0 spiro atoms. The number of rotatable bonds is 6. The third kappa shape index (κ3) is 5.01. The molecule has 0 aliphatic heterocycles. The molecule has 2 aromatic carbocycles. The van der Waals surface area contributed by atoms with Crippen LogP contribution in [0.2, 0.25) is 5.02 Å². The minimum absolute atomic E-state index is 0.254. The molecule has 0 fully saturated rings. The van der Waals surface area contributed by atoms with Crippen molar-refractivity contribution in [3.63, 3.8) is 0 Å². The number of benzene rings is 2. The Morgan fingerprint density at radius 1 is 1.23 bits per heavy atom. The van der Waals surface area contributed by atoms with E-state index in [2.05, 4.69) is 27.9 Å². The van der Waals surface area contributed by atoms with Gasteiger partial charge >= 0.3 is 0 Å². The number of hydrogen-bond donors (Lipinski definition) is 1. The average molecular weight is 509 g/mol. The van der Waals surface area contributed by atoms with E-state index in [-0.39, 0.29) is 10.7 Å². The summed E-state index contributed by atoms with van der Waals surface area (Å²) in [7, 11) is -2.26. The average Bonchev–Trinajstić information content (AvgIpc) is 2.56. The Kier molecular flexibility index (Phi) is 6.75. The predicted molar refractivity (Wildman–Crippen MR) is 113 cm³/mol. The minimum Gasteiger partial charge on any atom is -0.495 e. The summed E-state index contributed by atoms with van der Waals surface area (Å²) in [6.45, 7) is 1.52. The summed E-state index contributed by atoms with van der Waals surface area (Å²) in [5, 5.41) is 2.98. The Hall–Kier alpha value is -1.52. The number of halogens is 2. The quantitative estimate of drug-likeness (QED) is 0.603. The maximum absolute atomic E-state index is 12.6. The molecule has 0 aromatic heterocycles. The van der Waals surface area contributed by atoms with E-state index in [1.165, 1.54) is 20.1 Å². The maximum Gasteiger partial charge on any atom is 0.247 e. The summed E-state index contributed by atoms with van der Waals surface area (Å²) in [6, 6.07) is 10.8. The van der Waals surface area contributed by atoms with Crippen LogP contribution in [-0.4, -0.2) is 33.7 Å². The van der Waals surface area contributed by atoms with Crippen LogP contribution in [0.5, 0.6) is 5.75 Å². The number of amides is 1. The van der Waals surface area contributed by atoms with Crippen LogP contribution in [0.15, 0.2) is 42.5 Å². The third-order valence-electron chi connectivity index (χ3n) is 3.59. The van der Waals surface area contributed by atoms with E-state index in [0.717, 1.165) is 14.1 Å². The molecule has 0 bridgehead atoms. The third-order valence-corrected chi connectivity index (χ3v) is 5.85. The number of methoxy groups -OCH3 is 1. The van der Waals surface area contributed by atoms with Gasteiger partial charge in [-0.1, -0.05) is 11.6 Å². The van der Waals surface area contributed by atoms with Gasteiger partial charge in [0.05, 0.1) is 24.1 Å². The second-order valence-corrected chi connectivity index (χ2v) is 9.06. The van der Waals surface area contributed by atoms with Gasteiger partial charge in [-0.05, 0) is 72.0 Å². The normalized spacial score (nSPS) is 12.3. The van der Waals surface area contributed by atoms with Gasteiger partial charge in [-0.25, -0.2) is 8.42 Å². The predicted octanol–water partition coefficient (Wildman–Crippen LogP) is 3.75. The summed E-state index contributed by atoms with van der Waals surface area (Å²) < 4.78 is 31.8. The molecular formula is C17H18ClIN2O4S. The van der Waals surface area contributed by atoms with Gasteiger partial charge in [-0.15, -0.1) is 0 Å². The van der Waals surface area contributed by atoms with Crippen LogP contribution < -0.4 is 14.4 Å². The highest BCUT2D eigenvalue weighted by atomic mass is 127. The van der Waals surface area contributed by atoms with Crippen molar-refractivity contribution >= 4 is 61.5 Å². The van der Waals surface area contributed by atoms with Gasteiger partial charge in [0.1, 0.15) is 11.8 Å². The first-order valence-electron chi connectivity index (χ1n) is 7.53. The molecule has 0 radical (unpaired) electrons. The molecule has 1 N–H and O–H groups in total. The van der Waals surface area contributed by atoms with Crippen molar-refractivity contribution in [1.29, 1.82) is 0 Å². The van der Waals surface area contributed by atoms with Crippen LogP contribution in [0.4, 0.5) is 11.4 Å². The molecule has 9 heteroatoms. The van der Waals surface area contributed by atoms with Crippen molar-refractivity contribution in [2.45, 2.75) is 13.0 Å². The van der Waals surface area contributed by atoms with Crippen molar-refractivity contribution in [3.8, 4) is 5.75 Å². The summed E-state index contributed by atoms with van der Waals surface area (Å²) >= 11 is 8.26. The lowest BCUT2D eigenvalue weighted by atomic mass is 10.2. The number of ether oxygens (including phenoxy) is 1. The van der Waals surface area contributed by atoms with Crippen LogP contribution in [0.3, 0.4) is 0 Å². The molecule has 140 valence electrons. The zero-order valence-electron chi connectivity index (χ0n) is 14.4. The highest BCUT2D eigenvalue weighted by Gasteiger charge is 2.29. The second-order valence-electron chi connectivity index (χ2n) is 5.55. The minimum atomic E-state index is -3.73. The van der Waals surface area contributed by atoms with Crippen molar-refractivity contribution in [2.75, 3.05) is 23.0 Å². The number of hydrogen-bond acceptors (Lipinski definition) is 4. The van der Waals surface area contributed by atoms with Gasteiger partial charge in [0.15, 0.2) is 0 Å². The Morgan fingerprint density at radius 2 is 1.85 bits per heavy atom. The Balaban J connectivity index is 2.32. The Labute approximate surface area is 171 Å². The van der Waals surface area contributed by atoms with Crippen LogP contribution in [0.1, 0.15) is 6.92 Å². The number of carbonyl (C=O) groups excluding carboxylic acids is 1.